The highest BCUT2D eigenvalue weighted by Gasteiger charge is 2.14. The van der Waals surface area contributed by atoms with Gasteiger partial charge in [-0.05, 0) is 24.3 Å². The van der Waals surface area contributed by atoms with E-state index in [1.165, 1.54) is 6.07 Å². The van der Waals surface area contributed by atoms with Crippen molar-refractivity contribution >= 4 is 21.4 Å². The lowest BCUT2D eigenvalue weighted by molar-refractivity contribution is -0.116. The van der Waals surface area contributed by atoms with Crippen molar-refractivity contribution in [3.63, 3.8) is 0 Å². The van der Waals surface area contributed by atoms with Crippen LogP contribution in [-0.4, -0.2) is 27.2 Å². The van der Waals surface area contributed by atoms with Crippen LogP contribution in [0.2, 0.25) is 0 Å². The highest BCUT2D eigenvalue weighted by molar-refractivity contribution is 7.90. The molecule has 6 heteroatoms. The molecule has 0 aromatic heterocycles. The van der Waals surface area contributed by atoms with Crippen LogP contribution in [0.3, 0.4) is 0 Å². The van der Waals surface area contributed by atoms with Gasteiger partial charge in [-0.1, -0.05) is 30.3 Å². The zero-order valence-electron chi connectivity index (χ0n) is 12.2. The Hall–Kier alpha value is -2.34. The van der Waals surface area contributed by atoms with E-state index < -0.39 is 9.84 Å². The molecule has 5 nitrogen and oxygen atoms in total. The van der Waals surface area contributed by atoms with Crippen molar-refractivity contribution in [1.82, 2.24) is 0 Å². The summed E-state index contributed by atoms with van der Waals surface area (Å²) >= 11 is 0. The standard InChI is InChI=1S/C16H17NO4S/c1-22(19,20)15-10-6-5-9-14(15)17-16(18)11-12-21-13-7-3-2-4-8-13/h2-10H,11-12H2,1H3,(H,17,18). The molecule has 116 valence electrons. The summed E-state index contributed by atoms with van der Waals surface area (Å²) in [6, 6.07) is 15.5. The van der Waals surface area contributed by atoms with Gasteiger partial charge < -0.3 is 10.1 Å². The monoisotopic (exact) mass is 319 g/mol. The molecule has 0 saturated heterocycles. The summed E-state index contributed by atoms with van der Waals surface area (Å²) < 4.78 is 28.7. The molecule has 1 amide bonds. The van der Waals surface area contributed by atoms with Crippen LogP contribution >= 0.6 is 0 Å². The molecule has 0 spiro atoms. The van der Waals surface area contributed by atoms with Gasteiger partial charge in [0.25, 0.3) is 0 Å². The normalized spacial score (nSPS) is 11.0. The van der Waals surface area contributed by atoms with Crippen LogP contribution in [0.5, 0.6) is 5.75 Å². The third-order valence-electron chi connectivity index (χ3n) is 2.90. The molecule has 0 radical (unpaired) electrons. The number of benzene rings is 2. The molecule has 2 aromatic carbocycles. The minimum atomic E-state index is -3.39. The largest absolute Gasteiger partial charge is 0.493 e. The van der Waals surface area contributed by atoms with E-state index in [4.69, 9.17) is 4.74 Å². The summed E-state index contributed by atoms with van der Waals surface area (Å²) in [5.74, 6) is 0.388. The minimum absolute atomic E-state index is 0.104. The highest BCUT2D eigenvalue weighted by atomic mass is 32.2. The molecule has 0 atom stereocenters. The first-order valence-electron chi connectivity index (χ1n) is 6.73. The molecule has 1 N–H and O–H groups in total. The Kier molecular flexibility index (Phi) is 5.16. The van der Waals surface area contributed by atoms with Crippen LogP contribution in [0.1, 0.15) is 6.42 Å². The summed E-state index contributed by atoms with van der Waals surface area (Å²) in [6.45, 7) is 0.219. The van der Waals surface area contributed by atoms with Gasteiger partial charge in [0, 0.05) is 6.26 Å². The molecule has 0 aliphatic heterocycles. The number of carbonyl (C=O) groups is 1. The van der Waals surface area contributed by atoms with Gasteiger partial charge in [0.2, 0.25) is 5.91 Å². The Morgan fingerprint density at radius 3 is 2.36 bits per heavy atom. The SMILES string of the molecule is CS(=O)(=O)c1ccccc1NC(=O)CCOc1ccccc1. The van der Waals surface area contributed by atoms with E-state index >= 15 is 0 Å². The van der Waals surface area contributed by atoms with Gasteiger partial charge in [-0.25, -0.2) is 8.42 Å². The maximum absolute atomic E-state index is 11.9. The zero-order valence-corrected chi connectivity index (χ0v) is 13.0. The fraction of sp³-hybridized carbons (Fsp3) is 0.188. The Labute approximate surface area is 129 Å². The number of anilines is 1. The molecule has 2 rings (SSSR count). The number of sulfone groups is 1. The third-order valence-corrected chi connectivity index (χ3v) is 4.06. The van der Waals surface area contributed by atoms with Crippen molar-refractivity contribution in [3.8, 4) is 5.75 Å². The summed E-state index contributed by atoms with van der Waals surface area (Å²) in [4.78, 5) is 12.0. The van der Waals surface area contributed by atoms with Crippen LogP contribution in [-0.2, 0) is 14.6 Å². The summed E-state index contributed by atoms with van der Waals surface area (Å²) in [6.07, 6.45) is 1.24. The van der Waals surface area contributed by atoms with E-state index in [1.54, 1.807) is 30.3 Å². The van der Waals surface area contributed by atoms with Crippen LogP contribution in [0, 0.1) is 0 Å². The van der Waals surface area contributed by atoms with Crippen LogP contribution in [0.15, 0.2) is 59.5 Å². The second-order valence-electron chi connectivity index (χ2n) is 4.73. The van der Waals surface area contributed by atoms with Crippen molar-refractivity contribution in [3.05, 3.63) is 54.6 Å². The number of carbonyl (C=O) groups excluding carboxylic acids is 1. The van der Waals surface area contributed by atoms with Crippen LogP contribution in [0.4, 0.5) is 5.69 Å². The minimum Gasteiger partial charge on any atom is -0.493 e. The Morgan fingerprint density at radius 1 is 1.05 bits per heavy atom. The fourth-order valence-electron chi connectivity index (χ4n) is 1.88. The smallest absolute Gasteiger partial charge is 0.227 e. The molecule has 0 bridgehead atoms. The zero-order chi connectivity index (χ0) is 16.0. The molecule has 0 aliphatic rings. The number of hydrogen-bond donors (Lipinski definition) is 1. The molecule has 0 saturated carbocycles. The van der Waals surface area contributed by atoms with Crippen molar-refractivity contribution < 1.29 is 17.9 Å². The Morgan fingerprint density at radius 2 is 1.68 bits per heavy atom. The number of hydrogen-bond acceptors (Lipinski definition) is 4. The first-order valence-corrected chi connectivity index (χ1v) is 8.63. The maximum atomic E-state index is 11.9. The number of rotatable bonds is 6. The summed E-state index contributed by atoms with van der Waals surface area (Å²) in [7, 11) is -3.39. The maximum Gasteiger partial charge on any atom is 0.227 e. The van der Waals surface area contributed by atoms with E-state index in [-0.39, 0.29) is 29.5 Å². The molecule has 0 unspecified atom stereocenters. The van der Waals surface area contributed by atoms with Crippen molar-refractivity contribution in [2.45, 2.75) is 11.3 Å². The van der Waals surface area contributed by atoms with Gasteiger partial charge in [0.05, 0.1) is 23.6 Å². The van der Waals surface area contributed by atoms with Gasteiger partial charge in [-0.2, -0.15) is 0 Å². The van der Waals surface area contributed by atoms with Gasteiger partial charge in [0.1, 0.15) is 5.75 Å². The average molecular weight is 319 g/mol. The second-order valence-corrected chi connectivity index (χ2v) is 6.71. The molecule has 0 aliphatic carbocycles. The fourth-order valence-corrected chi connectivity index (χ4v) is 2.73. The van der Waals surface area contributed by atoms with Crippen molar-refractivity contribution in [1.29, 1.82) is 0 Å². The Balaban J connectivity index is 1.93. The quantitative estimate of drug-likeness (QED) is 0.888. The molecule has 2 aromatic rings. The number of ether oxygens (including phenoxy) is 1. The molecule has 0 fully saturated rings. The van der Waals surface area contributed by atoms with Crippen molar-refractivity contribution in [2.75, 3.05) is 18.2 Å². The first-order chi connectivity index (χ1) is 10.5. The molecule has 22 heavy (non-hydrogen) atoms. The van der Waals surface area contributed by atoms with Gasteiger partial charge >= 0.3 is 0 Å². The summed E-state index contributed by atoms with van der Waals surface area (Å²) in [5.41, 5.74) is 0.287. The van der Waals surface area contributed by atoms with E-state index in [2.05, 4.69) is 5.32 Å². The molecular weight excluding hydrogens is 302 g/mol. The Bertz CT molecular complexity index is 742. The number of nitrogens with one attached hydrogen (secondary N) is 1. The van der Waals surface area contributed by atoms with E-state index in [0.717, 1.165) is 6.26 Å². The lowest BCUT2D eigenvalue weighted by atomic mass is 10.3. The van der Waals surface area contributed by atoms with Crippen molar-refractivity contribution in [2.24, 2.45) is 0 Å². The van der Waals surface area contributed by atoms with Gasteiger partial charge in [-0.15, -0.1) is 0 Å². The van der Waals surface area contributed by atoms with Gasteiger partial charge in [-0.3, -0.25) is 4.79 Å². The van der Waals surface area contributed by atoms with Gasteiger partial charge in [0.15, 0.2) is 9.84 Å². The van der Waals surface area contributed by atoms with E-state index in [0.29, 0.717) is 5.75 Å². The average Bonchev–Trinajstić information content (AvgIpc) is 2.48. The third kappa shape index (κ3) is 4.60. The van der Waals surface area contributed by atoms with Crippen LogP contribution < -0.4 is 10.1 Å². The lowest BCUT2D eigenvalue weighted by Crippen LogP contribution is -2.17. The molecular formula is C16H17NO4S. The first kappa shape index (κ1) is 16.0. The van der Waals surface area contributed by atoms with E-state index in [9.17, 15) is 13.2 Å². The summed E-state index contributed by atoms with van der Waals surface area (Å²) in [5, 5.41) is 2.61. The predicted molar refractivity (Wildman–Crippen MR) is 84.7 cm³/mol. The molecule has 0 heterocycles. The lowest BCUT2D eigenvalue weighted by Gasteiger charge is -2.10. The van der Waals surface area contributed by atoms with E-state index in [1.807, 2.05) is 18.2 Å². The predicted octanol–water partition coefficient (Wildman–Crippen LogP) is 2.50. The number of para-hydroxylation sites is 2. The highest BCUT2D eigenvalue weighted by Crippen LogP contribution is 2.20. The van der Waals surface area contributed by atoms with Crippen LogP contribution in [0.25, 0.3) is 0 Å². The second kappa shape index (κ2) is 7.09. The number of amides is 1. The topological polar surface area (TPSA) is 72.5 Å².